The highest BCUT2D eigenvalue weighted by Gasteiger charge is 2.20. The predicted octanol–water partition coefficient (Wildman–Crippen LogP) is 7.71. The molecular weight excluding hydrogens is 336 g/mol. The van der Waals surface area contributed by atoms with Gasteiger partial charge in [0.15, 0.2) is 0 Å². The normalized spacial score (nSPS) is 15.7. The van der Waals surface area contributed by atoms with Crippen molar-refractivity contribution in [3.8, 4) is 11.1 Å². The fourth-order valence-corrected chi connectivity index (χ4v) is 4.99. The Labute approximate surface area is 165 Å². The Morgan fingerprint density at radius 2 is 1.39 bits per heavy atom. The van der Waals surface area contributed by atoms with Crippen LogP contribution in [0.4, 0.5) is 0 Å². The first-order valence-corrected chi connectivity index (χ1v) is 10.3. The zero-order chi connectivity index (χ0) is 18.5. The second kappa shape index (κ2) is 6.21. The average Bonchev–Trinajstić information content (AvgIpc) is 2.78. The molecule has 2 aliphatic carbocycles. The molecule has 0 bridgehead atoms. The molecule has 0 N–H and O–H groups in total. The van der Waals surface area contributed by atoms with Crippen LogP contribution in [0.15, 0.2) is 90.5 Å². The number of allylic oxidation sites excluding steroid dienone is 4. The summed E-state index contributed by atoms with van der Waals surface area (Å²) in [4.78, 5) is 0. The summed E-state index contributed by atoms with van der Waals surface area (Å²) in [5.41, 5.74) is 8.73. The lowest BCUT2D eigenvalue weighted by Crippen LogP contribution is -2.07. The molecule has 4 aromatic rings. The third kappa shape index (κ3) is 2.45. The third-order valence-electron chi connectivity index (χ3n) is 6.46. The van der Waals surface area contributed by atoms with Crippen LogP contribution in [0.3, 0.4) is 0 Å². The van der Waals surface area contributed by atoms with Gasteiger partial charge in [-0.1, -0.05) is 78.4 Å². The van der Waals surface area contributed by atoms with Gasteiger partial charge < -0.3 is 0 Å². The summed E-state index contributed by atoms with van der Waals surface area (Å²) < 4.78 is 0. The SMILES string of the molecule is C1=CC2=C(CC1)CCc1c2ccc2cc(-c3ccc4ccccc4c3)ccc12. The van der Waals surface area contributed by atoms with Crippen molar-refractivity contribution in [1.29, 1.82) is 0 Å². The van der Waals surface area contributed by atoms with E-state index in [0.29, 0.717) is 0 Å². The van der Waals surface area contributed by atoms with E-state index in [9.17, 15) is 0 Å². The van der Waals surface area contributed by atoms with Crippen LogP contribution in [-0.2, 0) is 6.42 Å². The number of hydrogen-bond donors (Lipinski definition) is 0. The number of rotatable bonds is 1. The van der Waals surface area contributed by atoms with E-state index in [4.69, 9.17) is 0 Å². The third-order valence-corrected chi connectivity index (χ3v) is 6.46. The van der Waals surface area contributed by atoms with Crippen molar-refractivity contribution in [3.05, 3.63) is 102 Å². The fraction of sp³-hybridized carbons (Fsp3) is 0.143. The molecule has 0 heterocycles. The van der Waals surface area contributed by atoms with Crippen LogP contribution in [0.1, 0.15) is 30.4 Å². The lowest BCUT2D eigenvalue weighted by atomic mass is 9.79. The van der Waals surface area contributed by atoms with E-state index in [-0.39, 0.29) is 0 Å². The average molecular weight is 358 g/mol. The van der Waals surface area contributed by atoms with Crippen molar-refractivity contribution < 1.29 is 0 Å². The summed E-state index contributed by atoms with van der Waals surface area (Å²) in [6.45, 7) is 0. The van der Waals surface area contributed by atoms with Crippen molar-refractivity contribution >= 4 is 27.1 Å². The van der Waals surface area contributed by atoms with Crippen molar-refractivity contribution in [3.63, 3.8) is 0 Å². The van der Waals surface area contributed by atoms with E-state index >= 15 is 0 Å². The zero-order valence-electron chi connectivity index (χ0n) is 15.9. The smallest absolute Gasteiger partial charge is 0.0145 e. The summed E-state index contributed by atoms with van der Waals surface area (Å²) in [7, 11) is 0. The minimum absolute atomic E-state index is 1.18. The van der Waals surface area contributed by atoms with Gasteiger partial charge in [-0.05, 0) is 87.2 Å². The van der Waals surface area contributed by atoms with Crippen LogP contribution in [-0.4, -0.2) is 0 Å². The van der Waals surface area contributed by atoms with Gasteiger partial charge in [-0.25, -0.2) is 0 Å². The molecule has 28 heavy (non-hydrogen) atoms. The minimum atomic E-state index is 1.18. The number of hydrogen-bond acceptors (Lipinski definition) is 0. The Hall–Kier alpha value is -3.12. The molecule has 0 aromatic heterocycles. The minimum Gasteiger partial charge on any atom is -0.0836 e. The summed E-state index contributed by atoms with van der Waals surface area (Å²) in [5.74, 6) is 0. The molecule has 0 spiro atoms. The van der Waals surface area contributed by atoms with E-state index < -0.39 is 0 Å². The lowest BCUT2D eigenvalue weighted by Gasteiger charge is -2.25. The van der Waals surface area contributed by atoms with Gasteiger partial charge in [-0.2, -0.15) is 0 Å². The van der Waals surface area contributed by atoms with E-state index in [1.54, 1.807) is 5.57 Å². The summed E-state index contributed by atoms with van der Waals surface area (Å²) in [6, 6.07) is 27.0. The van der Waals surface area contributed by atoms with E-state index in [2.05, 4.69) is 84.9 Å². The molecule has 0 unspecified atom stereocenters. The van der Waals surface area contributed by atoms with Crippen LogP contribution < -0.4 is 0 Å². The number of aryl methyl sites for hydroxylation is 1. The summed E-state index contributed by atoms with van der Waals surface area (Å²) in [5, 5.41) is 5.38. The monoisotopic (exact) mass is 358 g/mol. The van der Waals surface area contributed by atoms with Crippen molar-refractivity contribution in [1.82, 2.24) is 0 Å². The first-order valence-electron chi connectivity index (χ1n) is 10.3. The maximum absolute atomic E-state index is 2.36. The second-order valence-electron chi connectivity index (χ2n) is 8.05. The Morgan fingerprint density at radius 1 is 0.607 bits per heavy atom. The Balaban J connectivity index is 1.49. The van der Waals surface area contributed by atoms with Gasteiger partial charge in [0, 0.05) is 0 Å². The van der Waals surface area contributed by atoms with Gasteiger partial charge in [0.2, 0.25) is 0 Å². The quantitative estimate of drug-likeness (QED) is 0.327. The van der Waals surface area contributed by atoms with Crippen LogP contribution in [0.25, 0.3) is 38.2 Å². The highest BCUT2D eigenvalue weighted by Crippen LogP contribution is 2.40. The predicted molar refractivity (Wildman–Crippen MR) is 121 cm³/mol. The number of fused-ring (bicyclic) bond motifs is 5. The number of benzene rings is 4. The van der Waals surface area contributed by atoms with E-state index in [0.717, 1.165) is 0 Å². The van der Waals surface area contributed by atoms with Crippen LogP contribution in [0.2, 0.25) is 0 Å². The lowest BCUT2D eigenvalue weighted by molar-refractivity contribution is 0.831. The topological polar surface area (TPSA) is 0 Å². The molecule has 0 saturated carbocycles. The Bertz CT molecular complexity index is 1300. The van der Waals surface area contributed by atoms with E-state index in [1.807, 2.05) is 0 Å². The van der Waals surface area contributed by atoms with Gasteiger partial charge in [0.05, 0.1) is 0 Å². The molecule has 2 aliphatic rings. The summed E-state index contributed by atoms with van der Waals surface area (Å²) >= 11 is 0. The first kappa shape index (κ1) is 15.9. The van der Waals surface area contributed by atoms with E-state index in [1.165, 1.54) is 75.1 Å². The largest absolute Gasteiger partial charge is 0.0836 e. The first-order chi connectivity index (χ1) is 13.9. The molecule has 0 atom stereocenters. The van der Waals surface area contributed by atoms with Gasteiger partial charge in [0.25, 0.3) is 0 Å². The molecule has 0 heteroatoms. The maximum atomic E-state index is 2.36. The highest BCUT2D eigenvalue weighted by atomic mass is 14.2. The molecular formula is C28H22. The van der Waals surface area contributed by atoms with Crippen molar-refractivity contribution in [2.24, 2.45) is 0 Å². The molecule has 0 saturated heterocycles. The van der Waals surface area contributed by atoms with Crippen LogP contribution >= 0.6 is 0 Å². The molecule has 6 rings (SSSR count). The molecule has 0 nitrogen and oxygen atoms in total. The molecule has 0 aliphatic heterocycles. The summed E-state index contributed by atoms with van der Waals surface area (Å²) in [6.07, 6.45) is 9.53. The zero-order valence-corrected chi connectivity index (χ0v) is 15.9. The van der Waals surface area contributed by atoms with Crippen molar-refractivity contribution in [2.75, 3.05) is 0 Å². The van der Waals surface area contributed by atoms with Gasteiger partial charge in [-0.3, -0.25) is 0 Å². The highest BCUT2D eigenvalue weighted by molar-refractivity contribution is 5.96. The molecule has 4 aromatic carbocycles. The standard InChI is InChI=1S/C28H22/c1-2-7-21-17-22(10-9-19(21)5-1)23-12-14-26-24(18-23)13-16-27-25-8-4-3-6-20(25)11-15-28(26)27/h1-2,4-5,7-10,12-14,16-18H,3,6,11,15H2. The molecule has 134 valence electrons. The van der Waals surface area contributed by atoms with Gasteiger partial charge >= 0.3 is 0 Å². The molecule has 0 fully saturated rings. The fourth-order valence-electron chi connectivity index (χ4n) is 4.99. The van der Waals surface area contributed by atoms with Crippen LogP contribution in [0.5, 0.6) is 0 Å². The molecule has 0 radical (unpaired) electrons. The maximum Gasteiger partial charge on any atom is -0.0145 e. The van der Waals surface area contributed by atoms with Gasteiger partial charge in [0.1, 0.15) is 0 Å². The van der Waals surface area contributed by atoms with Gasteiger partial charge in [-0.15, -0.1) is 0 Å². The van der Waals surface area contributed by atoms with Crippen LogP contribution in [0, 0.1) is 0 Å². The molecule has 0 amide bonds. The second-order valence-corrected chi connectivity index (χ2v) is 8.05. The Morgan fingerprint density at radius 3 is 2.32 bits per heavy atom. The van der Waals surface area contributed by atoms with Crippen molar-refractivity contribution in [2.45, 2.75) is 25.7 Å². The Kier molecular flexibility index (Phi) is 3.52.